The highest BCUT2D eigenvalue weighted by Gasteiger charge is 2.16. The van der Waals surface area contributed by atoms with Crippen molar-refractivity contribution in [1.29, 1.82) is 0 Å². The van der Waals surface area contributed by atoms with E-state index in [0.717, 1.165) is 12.2 Å². The van der Waals surface area contributed by atoms with Gasteiger partial charge in [-0.15, -0.1) is 0 Å². The van der Waals surface area contributed by atoms with Crippen LogP contribution in [-0.4, -0.2) is 49.3 Å². The summed E-state index contributed by atoms with van der Waals surface area (Å²) in [6.45, 7) is 7.87. The maximum Gasteiger partial charge on any atom is 0.347 e. The van der Waals surface area contributed by atoms with Crippen LogP contribution in [0, 0.1) is 0 Å². The first-order valence-electron chi connectivity index (χ1n) is 14.8. The molecule has 0 aliphatic carbocycles. The molecule has 0 atom stereocenters. The van der Waals surface area contributed by atoms with E-state index < -0.39 is 23.5 Å². The molecule has 11 nitrogen and oxygen atoms in total. The first kappa shape index (κ1) is 35.7. The number of rotatable bonds is 17. The summed E-state index contributed by atoms with van der Waals surface area (Å²) < 4.78 is 32.1. The number of carbonyl (C=O) groups excluding carboxylic acids is 3. The molecule has 0 radical (unpaired) electrons. The second kappa shape index (κ2) is 17.7. The molecule has 0 fully saturated rings. The topological polar surface area (TPSA) is 140 Å². The Kier molecular flexibility index (Phi) is 13.2. The summed E-state index contributed by atoms with van der Waals surface area (Å²) in [6.07, 6.45) is 4.67. The van der Waals surface area contributed by atoms with Crippen LogP contribution in [0.1, 0.15) is 36.0 Å². The Balaban J connectivity index is 1.33. The molecule has 3 aromatic carbocycles. The smallest absolute Gasteiger partial charge is 0.347 e. The van der Waals surface area contributed by atoms with Gasteiger partial charge < -0.3 is 28.1 Å². The summed E-state index contributed by atoms with van der Waals surface area (Å²) in [5.74, 6) is -0.693. The van der Waals surface area contributed by atoms with Crippen molar-refractivity contribution in [3.63, 3.8) is 0 Å². The summed E-state index contributed by atoms with van der Waals surface area (Å²) in [6, 6.07) is 13.7. The minimum absolute atomic E-state index is 0.0443. The highest BCUT2D eigenvalue weighted by atomic mass is 35.5. The van der Waals surface area contributed by atoms with Gasteiger partial charge in [-0.25, -0.2) is 24.2 Å². The lowest BCUT2D eigenvalue weighted by atomic mass is 10.2. The van der Waals surface area contributed by atoms with Crippen molar-refractivity contribution in [2.75, 3.05) is 26.4 Å². The molecule has 0 saturated heterocycles. The zero-order chi connectivity index (χ0) is 34.5. The van der Waals surface area contributed by atoms with Gasteiger partial charge in [0.1, 0.15) is 17.2 Å². The van der Waals surface area contributed by atoms with Crippen LogP contribution in [0.5, 0.6) is 17.2 Å². The maximum atomic E-state index is 12.9. The van der Waals surface area contributed by atoms with E-state index in [-0.39, 0.29) is 40.8 Å². The van der Waals surface area contributed by atoms with Crippen molar-refractivity contribution in [3.8, 4) is 28.7 Å². The van der Waals surface area contributed by atoms with E-state index >= 15 is 0 Å². The molecule has 0 saturated carbocycles. The number of halogens is 2. The lowest BCUT2D eigenvalue weighted by Crippen LogP contribution is -2.10. The SMILES string of the molecule is C=CC(=O)OCCCCOc1ccc(C(=O)Oc2ccc3nc(-c4ccc(OCCCCOC(=O)C=C)c(Cl)c4)oc(=O)c3c2)cc1Cl. The Labute approximate surface area is 285 Å². The van der Waals surface area contributed by atoms with Crippen LogP contribution in [0.4, 0.5) is 0 Å². The number of hydrogen-bond acceptors (Lipinski definition) is 11. The van der Waals surface area contributed by atoms with E-state index in [1.165, 1.54) is 30.3 Å². The molecule has 0 aliphatic rings. The molecule has 0 bridgehead atoms. The first-order valence-corrected chi connectivity index (χ1v) is 15.5. The molecule has 0 amide bonds. The largest absolute Gasteiger partial charge is 0.492 e. The summed E-state index contributed by atoms with van der Waals surface area (Å²) >= 11 is 12.7. The molecule has 48 heavy (non-hydrogen) atoms. The van der Waals surface area contributed by atoms with Gasteiger partial charge in [-0.3, -0.25) is 0 Å². The fourth-order valence-electron chi connectivity index (χ4n) is 4.14. The normalized spacial score (nSPS) is 10.6. The quantitative estimate of drug-likeness (QED) is 0.0481. The molecule has 4 aromatic rings. The fraction of sp³-hybridized carbons (Fsp3) is 0.229. The number of unbranched alkanes of at least 4 members (excludes halogenated alkanes) is 2. The Morgan fingerprint density at radius 1 is 0.750 bits per heavy atom. The molecule has 1 aromatic heterocycles. The van der Waals surface area contributed by atoms with Crippen LogP contribution in [0.2, 0.25) is 10.0 Å². The highest BCUT2D eigenvalue weighted by Crippen LogP contribution is 2.31. The van der Waals surface area contributed by atoms with Crippen molar-refractivity contribution >= 4 is 52.0 Å². The van der Waals surface area contributed by atoms with Gasteiger partial charge >= 0.3 is 23.5 Å². The molecule has 0 aliphatic heterocycles. The zero-order valence-electron chi connectivity index (χ0n) is 25.7. The van der Waals surface area contributed by atoms with E-state index in [1.54, 1.807) is 24.3 Å². The average Bonchev–Trinajstić information content (AvgIpc) is 3.08. The minimum Gasteiger partial charge on any atom is -0.492 e. The lowest BCUT2D eigenvalue weighted by molar-refractivity contribution is -0.138. The monoisotopic (exact) mass is 695 g/mol. The maximum absolute atomic E-state index is 12.9. The van der Waals surface area contributed by atoms with E-state index in [0.29, 0.717) is 66.5 Å². The van der Waals surface area contributed by atoms with Crippen molar-refractivity contribution in [2.45, 2.75) is 25.7 Å². The Hall–Kier alpha value is -5.13. The Bertz CT molecular complexity index is 1870. The van der Waals surface area contributed by atoms with Gasteiger partial charge in [0, 0.05) is 17.7 Å². The molecule has 250 valence electrons. The third-order valence-electron chi connectivity index (χ3n) is 6.57. The minimum atomic E-state index is -0.700. The van der Waals surface area contributed by atoms with E-state index in [1.807, 2.05) is 0 Å². The second-order valence-corrected chi connectivity index (χ2v) is 10.8. The van der Waals surface area contributed by atoms with Crippen LogP contribution in [0.25, 0.3) is 22.4 Å². The van der Waals surface area contributed by atoms with Crippen molar-refractivity contribution in [2.24, 2.45) is 0 Å². The first-order chi connectivity index (χ1) is 23.2. The number of hydrogen-bond donors (Lipinski definition) is 0. The number of aromatic nitrogens is 1. The number of esters is 3. The van der Waals surface area contributed by atoms with Gasteiger partial charge in [-0.2, -0.15) is 0 Å². The van der Waals surface area contributed by atoms with Crippen LogP contribution < -0.4 is 19.8 Å². The van der Waals surface area contributed by atoms with Gasteiger partial charge in [-0.05, 0) is 80.3 Å². The van der Waals surface area contributed by atoms with Crippen molar-refractivity contribution < 1.29 is 42.5 Å². The van der Waals surface area contributed by atoms with E-state index in [2.05, 4.69) is 18.1 Å². The predicted molar refractivity (Wildman–Crippen MR) is 179 cm³/mol. The highest BCUT2D eigenvalue weighted by molar-refractivity contribution is 6.32. The number of fused-ring (bicyclic) bond motifs is 1. The number of benzene rings is 3. The van der Waals surface area contributed by atoms with Crippen molar-refractivity contribution in [1.82, 2.24) is 4.98 Å². The van der Waals surface area contributed by atoms with Crippen LogP contribution >= 0.6 is 23.2 Å². The van der Waals surface area contributed by atoms with Crippen molar-refractivity contribution in [3.05, 3.63) is 106 Å². The lowest BCUT2D eigenvalue weighted by Gasteiger charge is -2.10. The molecule has 0 unspecified atom stereocenters. The Morgan fingerprint density at radius 3 is 1.92 bits per heavy atom. The third kappa shape index (κ3) is 10.2. The summed E-state index contributed by atoms with van der Waals surface area (Å²) in [5.41, 5.74) is 0.252. The Morgan fingerprint density at radius 2 is 1.33 bits per heavy atom. The second-order valence-electron chi connectivity index (χ2n) is 10.0. The standard InChI is InChI=1S/C35H31Cl2NO10/c1-3-31(39)45-17-7-5-15-43-29-13-9-22(19-26(29)36)33-38-28-12-11-24(21-25(28)35(42)48-33)47-34(41)23-10-14-30(27(37)20-23)44-16-6-8-18-46-32(40)4-2/h3-4,9-14,19-21H,1-2,5-8,15-18H2. The van der Waals surface area contributed by atoms with E-state index in [9.17, 15) is 19.2 Å². The van der Waals surface area contributed by atoms with Crippen LogP contribution in [0.15, 0.2) is 89.1 Å². The summed E-state index contributed by atoms with van der Waals surface area (Å²) in [5, 5.41) is 0.609. The van der Waals surface area contributed by atoms with Gasteiger partial charge in [0.2, 0.25) is 5.89 Å². The van der Waals surface area contributed by atoms with Gasteiger partial charge in [0.15, 0.2) is 0 Å². The molecule has 1 heterocycles. The van der Waals surface area contributed by atoms with Gasteiger partial charge in [0.05, 0.1) is 52.9 Å². The third-order valence-corrected chi connectivity index (χ3v) is 7.16. The van der Waals surface area contributed by atoms with Crippen LogP contribution in [0.3, 0.4) is 0 Å². The molecule has 0 spiro atoms. The van der Waals surface area contributed by atoms with E-state index in [4.69, 9.17) is 51.3 Å². The molecular formula is C35H31Cl2NO10. The summed E-state index contributed by atoms with van der Waals surface area (Å²) in [4.78, 5) is 52.3. The molecule has 4 rings (SSSR count). The van der Waals surface area contributed by atoms with Gasteiger partial charge in [-0.1, -0.05) is 36.4 Å². The van der Waals surface area contributed by atoms with Gasteiger partial charge in [0.25, 0.3) is 0 Å². The predicted octanol–water partition coefficient (Wildman–Crippen LogP) is 7.16. The summed E-state index contributed by atoms with van der Waals surface area (Å²) in [7, 11) is 0. The molecule has 0 N–H and O–H groups in total. The number of nitrogens with zero attached hydrogens (tertiary/aromatic N) is 1. The number of ether oxygens (including phenoxy) is 5. The molecule has 13 heteroatoms. The fourth-order valence-corrected chi connectivity index (χ4v) is 4.61. The average molecular weight is 697 g/mol. The zero-order valence-corrected chi connectivity index (χ0v) is 27.2. The molecular weight excluding hydrogens is 665 g/mol. The van der Waals surface area contributed by atoms with Crippen LogP contribution in [-0.2, 0) is 19.1 Å². The number of carbonyl (C=O) groups is 3.